The number of halogens is 1. The van der Waals surface area contributed by atoms with Gasteiger partial charge in [0, 0.05) is 15.1 Å². The van der Waals surface area contributed by atoms with Crippen LogP contribution in [-0.4, -0.2) is 29.7 Å². The highest BCUT2D eigenvalue weighted by Crippen LogP contribution is 2.22. The van der Waals surface area contributed by atoms with Crippen LogP contribution in [0, 0.1) is 0 Å². The summed E-state index contributed by atoms with van der Waals surface area (Å²) in [6.45, 7) is 4.33. The first-order chi connectivity index (χ1) is 7.58. The van der Waals surface area contributed by atoms with E-state index in [1.165, 1.54) is 0 Å². The third-order valence-electron chi connectivity index (χ3n) is 1.86. The fourth-order valence-electron chi connectivity index (χ4n) is 1.10. The number of aliphatic hydroxyl groups is 1. The van der Waals surface area contributed by atoms with Crippen molar-refractivity contribution in [1.82, 2.24) is 0 Å². The summed E-state index contributed by atoms with van der Waals surface area (Å²) >= 11 is 5.05. The van der Waals surface area contributed by atoms with E-state index in [4.69, 9.17) is 4.74 Å². The number of benzene rings is 1. The highest BCUT2D eigenvalue weighted by atomic mass is 79.9. The Morgan fingerprint density at radius 1 is 1.44 bits per heavy atom. The lowest BCUT2D eigenvalue weighted by Crippen LogP contribution is -2.20. The molecule has 1 aromatic carbocycles. The SMILES string of the molecule is CC(C)OCC(O)CSc1cccc(Br)c1. The van der Waals surface area contributed by atoms with Crippen molar-refractivity contribution in [2.45, 2.75) is 31.0 Å². The van der Waals surface area contributed by atoms with Crippen molar-refractivity contribution in [3.8, 4) is 0 Å². The standard InChI is InChI=1S/C12H17BrO2S/c1-9(2)15-7-11(14)8-16-12-5-3-4-10(13)6-12/h3-6,9,11,14H,7-8H2,1-2H3. The molecule has 0 fully saturated rings. The van der Waals surface area contributed by atoms with Crippen molar-refractivity contribution in [2.75, 3.05) is 12.4 Å². The van der Waals surface area contributed by atoms with E-state index in [0.717, 1.165) is 9.37 Å². The van der Waals surface area contributed by atoms with Gasteiger partial charge in [-0.3, -0.25) is 0 Å². The van der Waals surface area contributed by atoms with Gasteiger partial charge in [-0.1, -0.05) is 22.0 Å². The van der Waals surface area contributed by atoms with Crippen molar-refractivity contribution >= 4 is 27.7 Å². The fraction of sp³-hybridized carbons (Fsp3) is 0.500. The third-order valence-corrected chi connectivity index (χ3v) is 3.49. The Bertz CT molecular complexity index is 318. The quantitative estimate of drug-likeness (QED) is 0.818. The van der Waals surface area contributed by atoms with E-state index in [1.807, 2.05) is 38.1 Å². The van der Waals surface area contributed by atoms with Gasteiger partial charge >= 0.3 is 0 Å². The summed E-state index contributed by atoms with van der Waals surface area (Å²) < 4.78 is 6.40. The van der Waals surface area contributed by atoms with Crippen LogP contribution in [0.15, 0.2) is 33.6 Å². The van der Waals surface area contributed by atoms with E-state index >= 15 is 0 Å². The number of aliphatic hydroxyl groups excluding tert-OH is 1. The molecule has 2 nitrogen and oxygen atoms in total. The zero-order valence-electron chi connectivity index (χ0n) is 9.52. The van der Waals surface area contributed by atoms with E-state index in [0.29, 0.717) is 12.4 Å². The molecule has 0 heterocycles. The molecule has 0 aliphatic rings. The van der Waals surface area contributed by atoms with Crippen molar-refractivity contribution in [2.24, 2.45) is 0 Å². The molecule has 1 aromatic rings. The van der Waals surface area contributed by atoms with Crippen LogP contribution in [0.25, 0.3) is 0 Å². The number of hydrogen-bond acceptors (Lipinski definition) is 3. The smallest absolute Gasteiger partial charge is 0.0867 e. The Balaban J connectivity index is 2.28. The van der Waals surface area contributed by atoms with Gasteiger partial charge in [0.2, 0.25) is 0 Å². The maximum atomic E-state index is 9.67. The zero-order valence-corrected chi connectivity index (χ0v) is 11.9. The first-order valence-electron chi connectivity index (χ1n) is 5.26. The summed E-state index contributed by atoms with van der Waals surface area (Å²) in [6.07, 6.45) is -0.239. The fourth-order valence-corrected chi connectivity index (χ4v) is 2.52. The van der Waals surface area contributed by atoms with Gasteiger partial charge in [-0.05, 0) is 32.0 Å². The van der Waals surface area contributed by atoms with Crippen LogP contribution >= 0.6 is 27.7 Å². The van der Waals surface area contributed by atoms with Gasteiger partial charge in [0.25, 0.3) is 0 Å². The van der Waals surface area contributed by atoms with Crippen LogP contribution in [0.2, 0.25) is 0 Å². The van der Waals surface area contributed by atoms with Crippen LogP contribution in [0.4, 0.5) is 0 Å². The molecular weight excluding hydrogens is 288 g/mol. The minimum absolute atomic E-state index is 0.172. The monoisotopic (exact) mass is 304 g/mol. The lowest BCUT2D eigenvalue weighted by atomic mass is 10.4. The first kappa shape index (κ1) is 14.0. The van der Waals surface area contributed by atoms with Gasteiger partial charge < -0.3 is 9.84 Å². The van der Waals surface area contributed by atoms with E-state index in [-0.39, 0.29) is 6.10 Å². The van der Waals surface area contributed by atoms with Crippen molar-refractivity contribution in [3.05, 3.63) is 28.7 Å². The molecule has 4 heteroatoms. The summed E-state index contributed by atoms with van der Waals surface area (Å²) in [6, 6.07) is 8.05. The second-order valence-electron chi connectivity index (χ2n) is 3.80. The number of ether oxygens (including phenoxy) is 1. The lowest BCUT2D eigenvalue weighted by molar-refractivity contribution is 0.0152. The normalized spacial score (nSPS) is 13.1. The first-order valence-corrected chi connectivity index (χ1v) is 7.04. The molecule has 0 radical (unpaired) electrons. The lowest BCUT2D eigenvalue weighted by Gasteiger charge is -2.13. The number of hydrogen-bond donors (Lipinski definition) is 1. The molecule has 0 aliphatic heterocycles. The molecule has 1 rings (SSSR count). The molecule has 0 aromatic heterocycles. The molecule has 0 saturated carbocycles. The van der Waals surface area contributed by atoms with Crippen molar-refractivity contribution in [3.63, 3.8) is 0 Å². The molecule has 1 atom stereocenters. The van der Waals surface area contributed by atoms with E-state index in [1.54, 1.807) is 11.8 Å². The number of rotatable bonds is 6. The summed E-state index contributed by atoms with van der Waals surface area (Å²) in [7, 11) is 0. The molecule has 90 valence electrons. The Morgan fingerprint density at radius 2 is 2.19 bits per heavy atom. The molecular formula is C12H17BrO2S. The van der Waals surface area contributed by atoms with E-state index in [2.05, 4.69) is 15.9 Å². The molecule has 0 bridgehead atoms. The summed E-state index contributed by atoms with van der Waals surface area (Å²) in [5, 5.41) is 9.67. The summed E-state index contributed by atoms with van der Waals surface area (Å²) in [4.78, 5) is 1.15. The molecule has 1 N–H and O–H groups in total. The van der Waals surface area contributed by atoms with Crippen molar-refractivity contribution < 1.29 is 9.84 Å². The maximum Gasteiger partial charge on any atom is 0.0867 e. The Labute approximate surface area is 110 Å². The highest BCUT2D eigenvalue weighted by molar-refractivity contribution is 9.10. The Kier molecular flexibility index (Phi) is 6.43. The second kappa shape index (κ2) is 7.33. The van der Waals surface area contributed by atoms with Crippen LogP contribution < -0.4 is 0 Å². The molecule has 0 aliphatic carbocycles. The topological polar surface area (TPSA) is 29.5 Å². The predicted octanol–water partition coefficient (Wildman–Crippen LogP) is 3.33. The molecule has 0 spiro atoms. The van der Waals surface area contributed by atoms with Crippen LogP contribution in [0.3, 0.4) is 0 Å². The van der Waals surface area contributed by atoms with Crippen LogP contribution in [-0.2, 0) is 4.74 Å². The molecule has 0 saturated heterocycles. The zero-order chi connectivity index (χ0) is 12.0. The van der Waals surface area contributed by atoms with Gasteiger partial charge in [0.05, 0.1) is 18.8 Å². The average Bonchev–Trinajstić information content (AvgIpc) is 2.23. The largest absolute Gasteiger partial charge is 0.390 e. The summed E-state index contributed by atoms with van der Waals surface area (Å²) in [5.41, 5.74) is 0. The van der Waals surface area contributed by atoms with Crippen molar-refractivity contribution in [1.29, 1.82) is 0 Å². The minimum atomic E-state index is -0.411. The maximum absolute atomic E-state index is 9.67. The van der Waals surface area contributed by atoms with Gasteiger partial charge in [-0.15, -0.1) is 11.8 Å². The molecule has 0 amide bonds. The van der Waals surface area contributed by atoms with Gasteiger partial charge in [-0.2, -0.15) is 0 Å². The van der Waals surface area contributed by atoms with E-state index in [9.17, 15) is 5.11 Å². The van der Waals surface area contributed by atoms with Crippen LogP contribution in [0.5, 0.6) is 0 Å². The Morgan fingerprint density at radius 3 is 2.81 bits per heavy atom. The average molecular weight is 305 g/mol. The minimum Gasteiger partial charge on any atom is -0.390 e. The van der Waals surface area contributed by atoms with Gasteiger partial charge in [-0.25, -0.2) is 0 Å². The molecule has 1 unspecified atom stereocenters. The predicted molar refractivity (Wildman–Crippen MR) is 72.0 cm³/mol. The summed E-state index contributed by atoms with van der Waals surface area (Å²) in [5.74, 6) is 0.656. The molecule has 16 heavy (non-hydrogen) atoms. The highest BCUT2D eigenvalue weighted by Gasteiger charge is 2.06. The Hall–Kier alpha value is -0.0300. The van der Waals surface area contributed by atoms with Gasteiger partial charge in [0.1, 0.15) is 0 Å². The third kappa shape index (κ3) is 5.89. The number of thioether (sulfide) groups is 1. The van der Waals surface area contributed by atoms with Gasteiger partial charge in [0.15, 0.2) is 0 Å². The van der Waals surface area contributed by atoms with Crippen LogP contribution in [0.1, 0.15) is 13.8 Å². The second-order valence-corrected chi connectivity index (χ2v) is 5.81. The van der Waals surface area contributed by atoms with E-state index < -0.39 is 6.10 Å².